The first-order chi connectivity index (χ1) is 11.5. The number of Topliss-reactive ketones (excluding diaryl/α,β-unsaturated/α-hetero) is 1. The molecule has 2 aromatic carbocycles. The van der Waals surface area contributed by atoms with Gasteiger partial charge in [-0.15, -0.1) is 0 Å². The lowest BCUT2D eigenvalue weighted by molar-refractivity contribution is 0.0624. The predicted molar refractivity (Wildman–Crippen MR) is 91.3 cm³/mol. The Morgan fingerprint density at radius 3 is 2.00 bits per heavy atom. The normalized spacial score (nSPS) is 14.7. The molecule has 1 aliphatic heterocycles. The highest BCUT2D eigenvalue weighted by atomic mass is 16.2. The highest BCUT2D eigenvalue weighted by Gasteiger charge is 2.36. The van der Waals surface area contributed by atoms with Gasteiger partial charge in [0.05, 0.1) is 17.7 Å². The number of fused-ring (bicyclic) bond motifs is 1. The van der Waals surface area contributed by atoms with E-state index in [9.17, 15) is 14.4 Å². The molecule has 3 rings (SSSR count). The highest BCUT2D eigenvalue weighted by Crippen LogP contribution is 2.23. The SMILES string of the molecule is CC[C@H](C)c1ccc(C(=O)CN2C(=O)c3ccccc3C2=O)cc1. The van der Waals surface area contributed by atoms with Gasteiger partial charge in [0, 0.05) is 5.56 Å². The Balaban J connectivity index is 1.76. The van der Waals surface area contributed by atoms with E-state index in [4.69, 9.17) is 0 Å². The van der Waals surface area contributed by atoms with Crippen LogP contribution in [0, 0.1) is 0 Å². The molecule has 0 aliphatic carbocycles. The van der Waals surface area contributed by atoms with E-state index in [2.05, 4.69) is 13.8 Å². The second-order valence-corrected chi connectivity index (χ2v) is 6.10. The molecule has 0 fully saturated rings. The van der Waals surface area contributed by atoms with Crippen LogP contribution >= 0.6 is 0 Å². The molecule has 1 atom stereocenters. The number of carbonyl (C=O) groups excluding carboxylic acids is 3. The lowest BCUT2D eigenvalue weighted by Gasteiger charge is -2.13. The molecule has 0 aromatic heterocycles. The fourth-order valence-corrected chi connectivity index (χ4v) is 2.85. The van der Waals surface area contributed by atoms with Crippen molar-refractivity contribution in [3.05, 3.63) is 70.8 Å². The molecule has 122 valence electrons. The molecule has 1 aliphatic rings. The summed E-state index contributed by atoms with van der Waals surface area (Å²) in [5, 5.41) is 0. The molecule has 0 unspecified atom stereocenters. The maximum atomic E-state index is 12.4. The van der Waals surface area contributed by atoms with Crippen molar-refractivity contribution in [3.63, 3.8) is 0 Å². The fraction of sp³-hybridized carbons (Fsp3) is 0.250. The minimum absolute atomic E-state index is 0.227. The second-order valence-electron chi connectivity index (χ2n) is 6.10. The Hall–Kier alpha value is -2.75. The Kier molecular flexibility index (Phi) is 4.30. The summed E-state index contributed by atoms with van der Waals surface area (Å²) in [6, 6.07) is 14.0. The topological polar surface area (TPSA) is 54.5 Å². The lowest BCUT2D eigenvalue weighted by Crippen LogP contribution is -2.34. The van der Waals surface area contributed by atoms with Crippen molar-refractivity contribution in [2.75, 3.05) is 6.54 Å². The van der Waals surface area contributed by atoms with Crippen molar-refractivity contribution in [2.24, 2.45) is 0 Å². The average molecular weight is 321 g/mol. The van der Waals surface area contributed by atoms with Crippen molar-refractivity contribution in [1.29, 1.82) is 0 Å². The molecular weight excluding hydrogens is 302 g/mol. The van der Waals surface area contributed by atoms with Gasteiger partial charge >= 0.3 is 0 Å². The quantitative estimate of drug-likeness (QED) is 0.623. The monoisotopic (exact) mass is 321 g/mol. The number of carbonyl (C=O) groups is 3. The summed E-state index contributed by atoms with van der Waals surface area (Å²) in [6.07, 6.45) is 1.03. The molecule has 2 aromatic rings. The zero-order valence-electron chi connectivity index (χ0n) is 13.8. The number of amides is 2. The molecular formula is C20H19NO3. The zero-order chi connectivity index (χ0) is 17.3. The molecule has 4 heteroatoms. The Bertz CT molecular complexity index is 773. The molecule has 0 radical (unpaired) electrons. The van der Waals surface area contributed by atoms with Gasteiger partial charge in [-0.25, -0.2) is 0 Å². The summed E-state index contributed by atoms with van der Waals surface area (Å²) < 4.78 is 0. The third-order valence-electron chi connectivity index (χ3n) is 4.59. The van der Waals surface area contributed by atoms with Crippen LogP contribution in [0.5, 0.6) is 0 Å². The van der Waals surface area contributed by atoms with Gasteiger partial charge in [-0.2, -0.15) is 0 Å². The number of hydrogen-bond donors (Lipinski definition) is 0. The number of rotatable bonds is 5. The van der Waals surface area contributed by atoms with E-state index in [1.165, 1.54) is 5.56 Å². The Morgan fingerprint density at radius 2 is 1.50 bits per heavy atom. The molecule has 0 bridgehead atoms. The maximum Gasteiger partial charge on any atom is 0.261 e. The van der Waals surface area contributed by atoms with Gasteiger partial charge in [0.2, 0.25) is 0 Å². The molecule has 24 heavy (non-hydrogen) atoms. The number of ketones is 1. The van der Waals surface area contributed by atoms with Crippen LogP contribution in [0.1, 0.15) is 62.8 Å². The number of imide groups is 1. The first-order valence-corrected chi connectivity index (χ1v) is 8.11. The zero-order valence-corrected chi connectivity index (χ0v) is 13.8. The maximum absolute atomic E-state index is 12.4. The summed E-state index contributed by atoms with van der Waals surface area (Å²) in [5.41, 5.74) is 2.42. The van der Waals surface area contributed by atoms with Crippen molar-refractivity contribution in [1.82, 2.24) is 4.90 Å². The molecule has 0 saturated carbocycles. The predicted octanol–water partition coefficient (Wildman–Crippen LogP) is 3.68. The van der Waals surface area contributed by atoms with Gasteiger partial charge in [0.25, 0.3) is 11.8 Å². The third kappa shape index (κ3) is 2.75. The average Bonchev–Trinajstić information content (AvgIpc) is 2.86. The van der Waals surface area contributed by atoms with Crippen LogP contribution in [-0.4, -0.2) is 29.0 Å². The van der Waals surface area contributed by atoms with E-state index in [1.54, 1.807) is 36.4 Å². The van der Waals surface area contributed by atoms with Gasteiger partial charge in [0.15, 0.2) is 5.78 Å². The summed E-state index contributed by atoms with van der Waals surface area (Å²) in [5.74, 6) is -0.606. The first-order valence-electron chi connectivity index (χ1n) is 8.11. The Labute approximate surface area is 141 Å². The highest BCUT2D eigenvalue weighted by molar-refractivity contribution is 6.23. The largest absolute Gasteiger partial charge is 0.292 e. The standard InChI is InChI=1S/C20H19NO3/c1-3-13(2)14-8-10-15(11-9-14)18(22)12-21-19(23)16-6-4-5-7-17(16)20(21)24/h4-11,13H,3,12H2,1-2H3/t13-/m0/s1. The Morgan fingerprint density at radius 1 is 0.958 bits per heavy atom. The van der Waals surface area contributed by atoms with Crippen molar-refractivity contribution in [2.45, 2.75) is 26.2 Å². The molecule has 2 amide bonds. The fourth-order valence-electron chi connectivity index (χ4n) is 2.85. The third-order valence-corrected chi connectivity index (χ3v) is 4.59. The first kappa shape index (κ1) is 16.1. The van der Waals surface area contributed by atoms with Gasteiger partial charge in [0.1, 0.15) is 0 Å². The summed E-state index contributed by atoms with van der Waals surface area (Å²) in [6.45, 7) is 4.02. The van der Waals surface area contributed by atoms with Crippen LogP contribution in [0.4, 0.5) is 0 Å². The van der Waals surface area contributed by atoms with E-state index < -0.39 is 11.8 Å². The molecule has 0 N–H and O–H groups in total. The van der Waals surface area contributed by atoms with Crippen LogP contribution in [0.2, 0.25) is 0 Å². The van der Waals surface area contributed by atoms with E-state index in [1.807, 2.05) is 12.1 Å². The smallest absolute Gasteiger partial charge is 0.261 e. The molecule has 1 heterocycles. The number of benzene rings is 2. The molecule has 0 spiro atoms. The van der Waals surface area contributed by atoms with Crippen LogP contribution in [0.3, 0.4) is 0 Å². The van der Waals surface area contributed by atoms with E-state index >= 15 is 0 Å². The van der Waals surface area contributed by atoms with E-state index in [-0.39, 0.29) is 12.3 Å². The lowest BCUT2D eigenvalue weighted by atomic mass is 9.97. The minimum Gasteiger partial charge on any atom is -0.292 e. The summed E-state index contributed by atoms with van der Waals surface area (Å²) >= 11 is 0. The van der Waals surface area contributed by atoms with Gasteiger partial charge in [-0.1, -0.05) is 50.2 Å². The van der Waals surface area contributed by atoms with Crippen LogP contribution in [0.15, 0.2) is 48.5 Å². The van der Waals surface area contributed by atoms with Crippen LogP contribution in [0.25, 0.3) is 0 Å². The number of hydrogen-bond acceptors (Lipinski definition) is 3. The van der Waals surface area contributed by atoms with Gasteiger partial charge in [-0.05, 0) is 30.0 Å². The van der Waals surface area contributed by atoms with Crippen LogP contribution in [-0.2, 0) is 0 Å². The summed E-state index contributed by atoms with van der Waals surface area (Å²) in [7, 11) is 0. The van der Waals surface area contributed by atoms with Crippen molar-refractivity contribution in [3.8, 4) is 0 Å². The van der Waals surface area contributed by atoms with E-state index in [0.717, 1.165) is 11.3 Å². The second kappa shape index (κ2) is 6.40. The van der Waals surface area contributed by atoms with Crippen molar-refractivity contribution < 1.29 is 14.4 Å². The van der Waals surface area contributed by atoms with Gasteiger partial charge < -0.3 is 0 Å². The van der Waals surface area contributed by atoms with Crippen LogP contribution < -0.4 is 0 Å². The minimum atomic E-state index is -0.403. The number of nitrogens with zero attached hydrogens (tertiary/aromatic N) is 1. The molecule has 0 saturated heterocycles. The van der Waals surface area contributed by atoms with Gasteiger partial charge in [-0.3, -0.25) is 19.3 Å². The van der Waals surface area contributed by atoms with E-state index in [0.29, 0.717) is 22.6 Å². The summed E-state index contributed by atoms with van der Waals surface area (Å²) in [4.78, 5) is 38.1. The van der Waals surface area contributed by atoms with Crippen molar-refractivity contribution >= 4 is 17.6 Å². The molecule has 4 nitrogen and oxygen atoms in total.